The molecule has 0 aliphatic heterocycles. The van der Waals surface area contributed by atoms with Gasteiger partial charge in [0.15, 0.2) is 0 Å². The number of anilines is 1. The Kier molecular flexibility index (Phi) is 2.17. The van der Waals surface area contributed by atoms with Crippen molar-refractivity contribution in [3.63, 3.8) is 0 Å². The van der Waals surface area contributed by atoms with Gasteiger partial charge in [0.05, 0.1) is 11.6 Å². The molecule has 3 heteroatoms. The maximum Gasteiger partial charge on any atom is 0.139 e. The Morgan fingerprint density at radius 2 is 2.38 bits per heavy atom. The van der Waals surface area contributed by atoms with Gasteiger partial charge in [0.2, 0.25) is 0 Å². The quantitative estimate of drug-likeness (QED) is 0.781. The number of pyridine rings is 1. The minimum atomic E-state index is 0.883. The van der Waals surface area contributed by atoms with Gasteiger partial charge in [-0.3, -0.25) is 0 Å². The predicted octanol–water partition coefficient (Wildman–Crippen LogP) is 2.65. The zero-order valence-corrected chi connectivity index (χ0v) is 7.58. The lowest BCUT2D eigenvalue weighted by atomic mass is 10.3. The fourth-order valence-corrected chi connectivity index (χ4v) is 1.28. The summed E-state index contributed by atoms with van der Waals surface area (Å²) in [5, 5.41) is 4.30. The highest BCUT2D eigenvalue weighted by Gasteiger charge is 2.02. The van der Waals surface area contributed by atoms with E-state index in [1.165, 1.54) is 0 Å². The minimum Gasteiger partial charge on any atom is -0.464 e. The second kappa shape index (κ2) is 3.47. The van der Waals surface area contributed by atoms with Gasteiger partial charge in [-0.25, -0.2) is 4.98 Å². The maximum absolute atomic E-state index is 5.26. The number of hydrogen-bond acceptors (Lipinski definition) is 3. The molecular formula is C10H12N2O. The smallest absolute Gasteiger partial charge is 0.139 e. The van der Waals surface area contributed by atoms with Crippen molar-refractivity contribution in [1.82, 2.24) is 4.98 Å². The summed E-state index contributed by atoms with van der Waals surface area (Å²) in [6.07, 6.45) is 4.53. The van der Waals surface area contributed by atoms with Crippen molar-refractivity contribution in [2.45, 2.75) is 13.3 Å². The van der Waals surface area contributed by atoms with Crippen LogP contribution < -0.4 is 5.32 Å². The number of furan rings is 1. The van der Waals surface area contributed by atoms with Crippen molar-refractivity contribution in [1.29, 1.82) is 0 Å². The van der Waals surface area contributed by atoms with Crippen LogP contribution in [0, 0.1) is 0 Å². The molecular weight excluding hydrogens is 164 g/mol. The molecule has 0 amide bonds. The fraction of sp³-hybridized carbons (Fsp3) is 0.300. The fourth-order valence-electron chi connectivity index (χ4n) is 1.28. The molecule has 2 rings (SSSR count). The summed E-state index contributed by atoms with van der Waals surface area (Å²) >= 11 is 0. The topological polar surface area (TPSA) is 38.1 Å². The summed E-state index contributed by atoms with van der Waals surface area (Å²) in [6.45, 7) is 3.07. The second-order valence-electron chi connectivity index (χ2n) is 2.92. The van der Waals surface area contributed by atoms with Crippen LogP contribution in [-0.2, 0) is 0 Å². The highest BCUT2D eigenvalue weighted by molar-refractivity contribution is 5.87. The van der Waals surface area contributed by atoms with Gasteiger partial charge < -0.3 is 9.73 Å². The Hall–Kier alpha value is -1.51. The Labute approximate surface area is 76.8 Å². The van der Waals surface area contributed by atoms with E-state index in [0.29, 0.717) is 0 Å². The number of rotatable bonds is 3. The summed E-state index contributed by atoms with van der Waals surface area (Å²) in [4.78, 5) is 4.25. The molecule has 0 radical (unpaired) electrons. The molecule has 0 bridgehead atoms. The van der Waals surface area contributed by atoms with Gasteiger partial charge in [-0.15, -0.1) is 0 Å². The first-order valence-electron chi connectivity index (χ1n) is 4.48. The van der Waals surface area contributed by atoms with E-state index < -0.39 is 0 Å². The molecule has 0 spiro atoms. The van der Waals surface area contributed by atoms with Crippen molar-refractivity contribution in [3.8, 4) is 0 Å². The van der Waals surface area contributed by atoms with Crippen LogP contribution in [0.1, 0.15) is 13.3 Å². The molecule has 0 saturated heterocycles. The number of nitrogens with one attached hydrogen (secondary N) is 1. The standard InChI is InChI=1S/C10H12N2O/c1-2-5-11-10-8-4-7-13-9(8)3-6-12-10/h3-4,6-7H,2,5H2,1H3,(H,11,12). The molecule has 0 aromatic carbocycles. The molecule has 3 nitrogen and oxygen atoms in total. The molecule has 0 unspecified atom stereocenters. The number of nitrogens with zero attached hydrogens (tertiary/aromatic N) is 1. The van der Waals surface area contributed by atoms with Gasteiger partial charge in [0, 0.05) is 12.7 Å². The van der Waals surface area contributed by atoms with Crippen LogP contribution in [-0.4, -0.2) is 11.5 Å². The molecule has 13 heavy (non-hydrogen) atoms. The van der Waals surface area contributed by atoms with Gasteiger partial charge in [-0.2, -0.15) is 0 Å². The Balaban J connectivity index is 2.37. The average molecular weight is 176 g/mol. The van der Waals surface area contributed by atoms with Gasteiger partial charge in [0.1, 0.15) is 11.4 Å². The number of hydrogen-bond donors (Lipinski definition) is 1. The predicted molar refractivity (Wildman–Crippen MR) is 52.8 cm³/mol. The summed E-state index contributed by atoms with van der Waals surface area (Å²) in [6, 6.07) is 3.80. The van der Waals surface area contributed by atoms with E-state index in [1.807, 2.05) is 12.1 Å². The number of aromatic nitrogens is 1. The summed E-state index contributed by atoms with van der Waals surface area (Å²) in [5.74, 6) is 0.910. The third kappa shape index (κ3) is 1.49. The SMILES string of the molecule is CCCNc1nccc2occc12. The van der Waals surface area contributed by atoms with Crippen molar-refractivity contribution < 1.29 is 4.42 Å². The van der Waals surface area contributed by atoms with Crippen LogP contribution in [0.2, 0.25) is 0 Å². The zero-order chi connectivity index (χ0) is 9.10. The molecule has 2 aromatic rings. The first-order chi connectivity index (χ1) is 6.42. The van der Waals surface area contributed by atoms with E-state index in [-0.39, 0.29) is 0 Å². The van der Waals surface area contributed by atoms with Crippen LogP contribution in [0.25, 0.3) is 11.0 Å². The van der Waals surface area contributed by atoms with Crippen molar-refractivity contribution >= 4 is 16.8 Å². The third-order valence-corrected chi connectivity index (χ3v) is 1.92. The van der Waals surface area contributed by atoms with Crippen molar-refractivity contribution in [3.05, 3.63) is 24.6 Å². The van der Waals surface area contributed by atoms with Crippen molar-refractivity contribution in [2.24, 2.45) is 0 Å². The molecule has 0 aliphatic carbocycles. The first-order valence-corrected chi connectivity index (χ1v) is 4.48. The van der Waals surface area contributed by atoms with Gasteiger partial charge >= 0.3 is 0 Å². The summed E-state index contributed by atoms with van der Waals surface area (Å²) < 4.78 is 5.26. The largest absolute Gasteiger partial charge is 0.464 e. The second-order valence-corrected chi connectivity index (χ2v) is 2.92. The third-order valence-electron chi connectivity index (χ3n) is 1.92. The van der Waals surface area contributed by atoms with E-state index in [4.69, 9.17) is 4.42 Å². The lowest BCUT2D eigenvalue weighted by Gasteiger charge is -2.03. The van der Waals surface area contributed by atoms with Crippen LogP contribution in [0.5, 0.6) is 0 Å². The molecule has 0 aliphatic rings. The van der Waals surface area contributed by atoms with Gasteiger partial charge in [-0.05, 0) is 18.6 Å². The van der Waals surface area contributed by atoms with Crippen LogP contribution in [0.3, 0.4) is 0 Å². The lowest BCUT2D eigenvalue weighted by molar-refractivity contribution is 0.615. The zero-order valence-electron chi connectivity index (χ0n) is 7.58. The van der Waals surface area contributed by atoms with Crippen molar-refractivity contribution in [2.75, 3.05) is 11.9 Å². The van der Waals surface area contributed by atoms with Gasteiger partial charge in [0.25, 0.3) is 0 Å². The average Bonchev–Trinajstić information content (AvgIpc) is 2.62. The Morgan fingerprint density at radius 1 is 1.46 bits per heavy atom. The van der Waals surface area contributed by atoms with E-state index >= 15 is 0 Å². The van der Waals surface area contributed by atoms with E-state index in [2.05, 4.69) is 17.2 Å². The molecule has 0 fully saturated rings. The first kappa shape index (κ1) is 8.10. The molecule has 2 heterocycles. The van der Waals surface area contributed by atoms with E-state index in [1.54, 1.807) is 12.5 Å². The molecule has 68 valence electrons. The van der Waals surface area contributed by atoms with Crippen LogP contribution >= 0.6 is 0 Å². The van der Waals surface area contributed by atoms with E-state index in [9.17, 15) is 0 Å². The van der Waals surface area contributed by atoms with Crippen LogP contribution in [0.4, 0.5) is 5.82 Å². The highest BCUT2D eigenvalue weighted by atomic mass is 16.3. The molecule has 0 saturated carbocycles. The van der Waals surface area contributed by atoms with E-state index in [0.717, 1.165) is 29.8 Å². The summed E-state index contributed by atoms with van der Waals surface area (Å²) in [5.41, 5.74) is 0.883. The normalized spacial score (nSPS) is 10.5. The Morgan fingerprint density at radius 3 is 3.23 bits per heavy atom. The monoisotopic (exact) mass is 176 g/mol. The summed E-state index contributed by atoms with van der Waals surface area (Å²) in [7, 11) is 0. The lowest BCUT2D eigenvalue weighted by Crippen LogP contribution is -2.01. The maximum atomic E-state index is 5.26. The van der Waals surface area contributed by atoms with Crippen LogP contribution in [0.15, 0.2) is 29.0 Å². The molecule has 2 aromatic heterocycles. The van der Waals surface area contributed by atoms with Gasteiger partial charge in [-0.1, -0.05) is 6.92 Å². The number of fused-ring (bicyclic) bond motifs is 1. The molecule has 1 N–H and O–H groups in total. The Bertz CT molecular complexity index is 394. The highest BCUT2D eigenvalue weighted by Crippen LogP contribution is 2.21. The molecule has 0 atom stereocenters. The minimum absolute atomic E-state index is 0.883.